The highest BCUT2D eigenvalue weighted by Gasteiger charge is 2.46. The van der Waals surface area contributed by atoms with Crippen LogP contribution in [0.3, 0.4) is 0 Å². The number of furan rings is 1. The number of benzene rings is 2. The van der Waals surface area contributed by atoms with Crippen molar-refractivity contribution in [2.75, 3.05) is 4.90 Å². The van der Waals surface area contributed by atoms with Gasteiger partial charge < -0.3 is 9.52 Å². The number of carbonyl (C=O) groups excluding carboxylic acids is 2. The van der Waals surface area contributed by atoms with Crippen LogP contribution in [0.15, 0.2) is 76.6 Å². The molecule has 1 aliphatic rings. The van der Waals surface area contributed by atoms with Crippen LogP contribution in [0.4, 0.5) is 5.69 Å². The third kappa shape index (κ3) is 2.63. The van der Waals surface area contributed by atoms with E-state index in [1.54, 1.807) is 26.0 Å². The van der Waals surface area contributed by atoms with E-state index in [9.17, 15) is 14.7 Å². The van der Waals surface area contributed by atoms with Gasteiger partial charge in [0.25, 0.3) is 5.91 Å². The molecule has 0 saturated heterocycles. The molecule has 0 bridgehead atoms. The van der Waals surface area contributed by atoms with Gasteiger partial charge in [-0.3, -0.25) is 14.5 Å². The molecule has 3 aromatic rings. The Bertz CT molecular complexity index is 1060. The van der Waals surface area contributed by atoms with Gasteiger partial charge in [0.1, 0.15) is 11.8 Å². The SMILES string of the molecule is CC(C)C(=O)C1=C(O)C(=O)N(c2cccc3ccccc23)C1c1ccco1. The average Bonchev–Trinajstić information content (AvgIpc) is 3.28. The Labute approximate surface area is 156 Å². The van der Waals surface area contributed by atoms with Gasteiger partial charge in [-0.05, 0) is 23.6 Å². The molecule has 27 heavy (non-hydrogen) atoms. The first-order valence-electron chi connectivity index (χ1n) is 8.82. The number of ketones is 1. The van der Waals surface area contributed by atoms with E-state index in [2.05, 4.69) is 0 Å². The van der Waals surface area contributed by atoms with Gasteiger partial charge in [0.2, 0.25) is 0 Å². The Morgan fingerprint density at radius 2 is 1.81 bits per heavy atom. The topological polar surface area (TPSA) is 70.8 Å². The molecule has 0 radical (unpaired) electrons. The Hall–Kier alpha value is -3.34. The molecule has 0 aliphatic carbocycles. The molecule has 0 spiro atoms. The fraction of sp³-hybridized carbons (Fsp3) is 0.182. The lowest BCUT2D eigenvalue weighted by atomic mass is 9.94. The number of anilines is 1. The van der Waals surface area contributed by atoms with E-state index in [0.29, 0.717) is 11.4 Å². The quantitative estimate of drug-likeness (QED) is 0.740. The molecule has 4 rings (SSSR count). The zero-order valence-corrected chi connectivity index (χ0v) is 15.0. The zero-order valence-electron chi connectivity index (χ0n) is 15.0. The van der Waals surface area contributed by atoms with Gasteiger partial charge in [0, 0.05) is 11.3 Å². The van der Waals surface area contributed by atoms with Crippen LogP contribution < -0.4 is 4.90 Å². The lowest BCUT2D eigenvalue weighted by molar-refractivity contribution is -0.119. The van der Waals surface area contributed by atoms with Crippen molar-refractivity contribution in [1.29, 1.82) is 0 Å². The Morgan fingerprint density at radius 1 is 1.07 bits per heavy atom. The van der Waals surface area contributed by atoms with Crippen molar-refractivity contribution in [3.05, 3.63) is 78.0 Å². The van der Waals surface area contributed by atoms with E-state index in [1.165, 1.54) is 11.2 Å². The predicted molar refractivity (Wildman–Crippen MR) is 102 cm³/mol. The van der Waals surface area contributed by atoms with Crippen LogP contribution in [0.25, 0.3) is 10.8 Å². The third-order valence-corrected chi connectivity index (χ3v) is 4.84. The molecule has 2 heterocycles. The number of hydrogen-bond donors (Lipinski definition) is 1. The minimum Gasteiger partial charge on any atom is -0.503 e. The largest absolute Gasteiger partial charge is 0.503 e. The fourth-order valence-corrected chi connectivity index (χ4v) is 3.55. The van der Waals surface area contributed by atoms with E-state index in [-0.39, 0.29) is 17.3 Å². The Balaban J connectivity index is 1.95. The summed E-state index contributed by atoms with van der Waals surface area (Å²) in [4.78, 5) is 27.3. The van der Waals surface area contributed by atoms with Crippen LogP contribution in [0, 0.1) is 5.92 Å². The van der Waals surface area contributed by atoms with E-state index >= 15 is 0 Å². The molecular formula is C22H19NO4. The van der Waals surface area contributed by atoms with E-state index in [1.807, 2.05) is 42.5 Å². The van der Waals surface area contributed by atoms with Crippen LogP contribution in [-0.4, -0.2) is 16.8 Å². The standard InChI is InChI=1S/C22H19NO4/c1-13(2)20(24)18-19(17-11-6-12-27-17)23(22(26)21(18)25)16-10-5-8-14-7-3-4-9-15(14)16/h3-13,19,25H,1-2H3. The molecule has 1 N–H and O–H groups in total. The molecule has 1 aliphatic heterocycles. The van der Waals surface area contributed by atoms with Crippen LogP contribution >= 0.6 is 0 Å². The number of rotatable bonds is 4. The summed E-state index contributed by atoms with van der Waals surface area (Å²) in [6.45, 7) is 3.49. The molecular weight excluding hydrogens is 342 g/mol. The molecule has 2 aromatic carbocycles. The number of aliphatic hydroxyl groups is 1. The maximum atomic E-state index is 13.0. The average molecular weight is 361 g/mol. The summed E-state index contributed by atoms with van der Waals surface area (Å²) in [6.07, 6.45) is 1.49. The van der Waals surface area contributed by atoms with Gasteiger partial charge in [-0.2, -0.15) is 0 Å². The van der Waals surface area contributed by atoms with Crippen LogP contribution in [0.2, 0.25) is 0 Å². The highest BCUT2D eigenvalue weighted by Crippen LogP contribution is 2.43. The lowest BCUT2D eigenvalue weighted by Crippen LogP contribution is -2.31. The summed E-state index contributed by atoms with van der Waals surface area (Å²) >= 11 is 0. The highest BCUT2D eigenvalue weighted by atomic mass is 16.3. The fourth-order valence-electron chi connectivity index (χ4n) is 3.55. The van der Waals surface area contributed by atoms with Crippen LogP contribution in [0.1, 0.15) is 25.6 Å². The summed E-state index contributed by atoms with van der Waals surface area (Å²) in [6, 6.07) is 15.9. The second-order valence-corrected chi connectivity index (χ2v) is 6.87. The van der Waals surface area contributed by atoms with Crippen LogP contribution in [-0.2, 0) is 9.59 Å². The number of Topliss-reactive ketones (excluding diaryl/α,β-unsaturated/α-hetero) is 1. The molecule has 1 unspecified atom stereocenters. The second kappa shape index (κ2) is 6.43. The highest BCUT2D eigenvalue weighted by molar-refractivity contribution is 6.19. The second-order valence-electron chi connectivity index (χ2n) is 6.87. The van der Waals surface area contributed by atoms with Gasteiger partial charge >= 0.3 is 0 Å². The predicted octanol–water partition coefficient (Wildman–Crippen LogP) is 4.56. The van der Waals surface area contributed by atoms with Crippen molar-refractivity contribution in [2.24, 2.45) is 5.92 Å². The van der Waals surface area contributed by atoms with Crippen molar-refractivity contribution in [3.8, 4) is 0 Å². The van der Waals surface area contributed by atoms with Gasteiger partial charge in [-0.15, -0.1) is 0 Å². The monoisotopic (exact) mass is 361 g/mol. The van der Waals surface area contributed by atoms with Gasteiger partial charge in [0.05, 0.1) is 17.5 Å². The van der Waals surface area contributed by atoms with Gasteiger partial charge in [-0.25, -0.2) is 0 Å². The van der Waals surface area contributed by atoms with E-state index in [0.717, 1.165) is 10.8 Å². The summed E-state index contributed by atoms with van der Waals surface area (Å²) in [5.41, 5.74) is 0.704. The van der Waals surface area contributed by atoms with E-state index in [4.69, 9.17) is 4.42 Å². The molecule has 5 nitrogen and oxygen atoms in total. The molecule has 1 atom stereocenters. The normalized spacial score (nSPS) is 17.4. The minimum atomic E-state index is -0.798. The number of aliphatic hydroxyl groups excluding tert-OH is 1. The van der Waals surface area contributed by atoms with E-state index < -0.39 is 17.7 Å². The molecule has 1 amide bonds. The Morgan fingerprint density at radius 3 is 2.52 bits per heavy atom. The van der Waals surface area contributed by atoms with Crippen molar-refractivity contribution in [2.45, 2.75) is 19.9 Å². The number of amides is 1. The summed E-state index contributed by atoms with van der Waals surface area (Å²) in [5.74, 6) is -1.31. The first kappa shape index (κ1) is 17.1. The third-order valence-electron chi connectivity index (χ3n) is 4.84. The van der Waals surface area contributed by atoms with Crippen LogP contribution in [0.5, 0.6) is 0 Å². The number of nitrogens with zero attached hydrogens (tertiary/aromatic N) is 1. The van der Waals surface area contributed by atoms with Crippen molar-refractivity contribution in [1.82, 2.24) is 0 Å². The Kier molecular flexibility index (Phi) is 4.07. The molecule has 136 valence electrons. The molecule has 0 saturated carbocycles. The number of fused-ring (bicyclic) bond motifs is 1. The van der Waals surface area contributed by atoms with Crippen molar-refractivity contribution < 1.29 is 19.1 Å². The summed E-state index contributed by atoms with van der Waals surface area (Å²) in [7, 11) is 0. The van der Waals surface area contributed by atoms with Crippen molar-refractivity contribution in [3.63, 3.8) is 0 Å². The minimum absolute atomic E-state index is 0.0814. The summed E-state index contributed by atoms with van der Waals surface area (Å²) < 4.78 is 5.55. The van der Waals surface area contributed by atoms with Gasteiger partial charge in [-0.1, -0.05) is 50.2 Å². The lowest BCUT2D eigenvalue weighted by Gasteiger charge is -2.26. The maximum absolute atomic E-state index is 13.0. The first-order valence-corrected chi connectivity index (χ1v) is 8.82. The summed E-state index contributed by atoms with van der Waals surface area (Å²) in [5, 5.41) is 12.4. The number of hydrogen-bond acceptors (Lipinski definition) is 4. The zero-order chi connectivity index (χ0) is 19.1. The molecule has 0 fully saturated rings. The number of carbonyl (C=O) groups is 2. The van der Waals surface area contributed by atoms with Crippen molar-refractivity contribution >= 4 is 28.2 Å². The maximum Gasteiger partial charge on any atom is 0.294 e. The first-order chi connectivity index (χ1) is 13.0. The molecule has 1 aromatic heterocycles. The van der Waals surface area contributed by atoms with Gasteiger partial charge in [0.15, 0.2) is 11.5 Å². The smallest absolute Gasteiger partial charge is 0.294 e. The molecule has 5 heteroatoms.